The first-order valence-electron chi connectivity index (χ1n) is 7.99. The molecule has 6 nitrogen and oxygen atoms in total. The summed E-state index contributed by atoms with van der Waals surface area (Å²) in [5.41, 5.74) is 0. The number of ether oxygens (including phenoxy) is 1. The zero-order chi connectivity index (χ0) is 16.3. The molecule has 2 bridgehead atoms. The second-order valence-corrected chi connectivity index (χ2v) is 8.87. The van der Waals surface area contributed by atoms with Crippen LogP contribution in [0.2, 0.25) is 0 Å². The Hall–Kier alpha value is -0.470. The number of amides is 3. The van der Waals surface area contributed by atoms with Crippen molar-refractivity contribution in [3.8, 4) is 0 Å². The molecule has 4 aliphatic rings. The first-order chi connectivity index (χ1) is 11.0. The summed E-state index contributed by atoms with van der Waals surface area (Å²) < 4.78 is 5.23. The Morgan fingerprint density at radius 1 is 1.04 bits per heavy atom. The number of imide groups is 1. The Labute approximate surface area is 151 Å². The van der Waals surface area contributed by atoms with E-state index in [1.165, 1.54) is 4.90 Å². The largest absolute Gasteiger partial charge is 0.378 e. The van der Waals surface area contributed by atoms with Crippen LogP contribution >= 0.6 is 31.9 Å². The number of hydrogen-bond donors (Lipinski definition) is 0. The molecule has 23 heavy (non-hydrogen) atoms. The molecule has 2 aliphatic heterocycles. The van der Waals surface area contributed by atoms with Gasteiger partial charge in [0.15, 0.2) is 0 Å². The number of carbonyl (C=O) groups is 3. The van der Waals surface area contributed by atoms with Gasteiger partial charge < -0.3 is 9.64 Å². The molecule has 0 aromatic rings. The number of alkyl halides is 2. The molecular weight excluding hydrogens is 432 g/mol. The van der Waals surface area contributed by atoms with Crippen molar-refractivity contribution in [2.75, 3.05) is 32.8 Å². The van der Waals surface area contributed by atoms with Crippen molar-refractivity contribution in [2.24, 2.45) is 23.7 Å². The van der Waals surface area contributed by atoms with Crippen molar-refractivity contribution in [3.05, 3.63) is 0 Å². The molecule has 0 aromatic heterocycles. The molecule has 0 spiro atoms. The predicted molar refractivity (Wildman–Crippen MR) is 88.1 cm³/mol. The summed E-state index contributed by atoms with van der Waals surface area (Å²) in [6.45, 7) is 1.96. The molecule has 0 radical (unpaired) electrons. The molecule has 6 atom stereocenters. The number of morpholine rings is 1. The number of likely N-dealkylation sites (tertiary alicyclic amines) is 1. The van der Waals surface area contributed by atoms with Crippen LogP contribution < -0.4 is 0 Å². The molecular formula is C15H18Br2N2O4. The number of nitrogens with zero attached hydrogens (tertiary/aromatic N) is 2. The fourth-order valence-electron chi connectivity index (χ4n) is 4.61. The van der Waals surface area contributed by atoms with Gasteiger partial charge in [-0.05, 0) is 18.3 Å². The van der Waals surface area contributed by atoms with Gasteiger partial charge in [0.1, 0.15) is 6.54 Å². The number of hydrogen-bond acceptors (Lipinski definition) is 4. The van der Waals surface area contributed by atoms with E-state index in [1.54, 1.807) is 4.90 Å². The third kappa shape index (κ3) is 2.32. The van der Waals surface area contributed by atoms with Gasteiger partial charge >= 0.3 is 0 Å². The van der Waals surface area contributed by atoms with Crippen LogP contribution in [0, 0.1) is 23.7 Å². The summed E-state index contributed by atoms with van der Waals surface area (Å²) in [4.78, 5) is 41.2. The maximum atomic E-state index is 12.7. The van der Waals surface area contributed by atoms with Crippen molar-refractivity contribution < 1.29 is 19.1 Å². The number of carbonyl (C=O) groups excluding carboxylic acids is 3. The van der Waals surface area contributed by atoms with Crippen LogP contribution in [-0.4, -0.2) is 70.0 Å². The molecule has 3 amide bonds. The Morgan fingerprint density at radius 2 is 1.57 bits per heavy atom. The lowest BCUT2D eigenvalue weighted by Crippen LogP contribution is -2.47. The molecule has 2 saturated heterocycles. The number of halogens is 2. The van der Waals surface area contributed by atoms with Gasteiger partial charge in [-0.25, -0.2) is 0 Å². The quantitative estimate of drug-likeness (QED) is 0.458. The average Bonchev–Trinajstić information content (AvgIpc) is 3.16. The van der Waals surface area contributed by atoms with Gasteiger partial charge in [-0.2, -0.15) is 0 Å². The summed E-state index contributed by atoms with van der Waals surface area (Å²) in [5.74, 6) is -0.584. The Kier molecular flexibility index (Phi) is 4.05. The van der Waals surface area contributed by atoms with Gasteiger partial charge in [-0.3, -0.25) is 19.3 Å². The molecule has 2 heterocycles. The van der Waals surface area contributed by atoms with Crippen LogP contribution in [0.5, 0.6) is 0 Å². The molecule has 126 valence electrons. The van der Waals surface area contributed by atoms with Crippen LogP contribution in [0.3, 0.4) is 0 Å². The van der Waals surface area contributed by atoms with E-state index in [1.807, 2.05) is 0 Å². The summed E-state index contributed by atoms with van der Waals surface area (Å²) in [7, 11) is 0. The minimum absolute atomic E-state index is 0.121. The van der Waals surface area contributed by atoms with Crippen molar-refractivity contribution in [1.82, 2.24) is 9.80 Å². The van der Waals surface area contributed by atoms with Crippen molar-refractivity contribution in [1.29, 1.82) is 0 Å². The molecule has 0 unspecified atom stereocenters. The fourth-order valence-corrected chi connectivity index (χ4v) is 6.49. The first kappa shape index (κ1) is 16.0. The van der Waals surface area contributed by atoms with Crippen molar-refractivity contribution >= 4 is 49.6 Å². The zero-order valence-electron chi connectivity index (χ0n) is 12.5. The minimum atomic E-state index is -0.247. The van der Waals surface area contributed by atoms with Crippen LogP contribution in [-0.2, 0) is 19.1 Å². The van der Waals surface area contributed by atoms with Gasteiger partial charge in [0, 0.05) is 22.7 Å². The van der Waals surface area contributed by atoms with E-state index in [0.717, 1.165) is 6.42 Å². The molecule has 0 N–H and O–H groups in total. The normalized spacial score (nSPS) is 42.5. The number of fused-ring (bicyclic) bond motifs is 5. The highest BCUT2D eigenvalue weighted by Crippen LogP contribution is 2.60. The smallest absolute Gasteiger partial charge is 0.242 e. The highest BCUT2D eigenvalue weighted by atomic mass is 79.9. The Morgan fingerprint density at radius 3 is 2.09 bits per heavy atom. The molecule has 2 saturated carbocycles. The zero-order valence-corrected chi connectivity index (χ0v) is 15.7. The monoisotopic (exact) mass is 448 g/mol. The van der Waals surface area contributed by atoms with E-state index in [4.69, 9.17) is 4.74 Å². The van der Waals surface area contributed by atoms with Crippen molar-refractivity contribution in [3.63, 3.8) is 0 Å². The highest BCUT2D eigenvalue weighted by Gasteiger charge is 2.66. The standard InChI is InChI=1S/C15H18Br2N2O4/c16-12-7-5-8(13(12)17)11-10(7)14(21)19(15(11)22)6-9(20)18-1-3-23-4-2-18/h7-8,10-13H,1-6H2/t7-,8-,10-,11-,12+,13+/m1/s1. The van der Waals surface area contributed by atoms with E-state index in [9.17, 15) is 14.4 Å². The second-order valence-electron chi connectivity index (χ2n) is 6.76. The van der Waals surface area contributed by atoms with E-state index < -0.39 is 0 Å². The van der Waals surface area contributed by atoms with E-state index in [2.05, 4.69) is 31.9 Å². The van der Waals surface area contributed by atoms with Crippen LogP contribution in [0.15, 0.2) is 0 Å². The predicted octanol–water partition coefficient (Wildman–Crippen LogP) is 0.623. The lowest BCUT2D eigenvalue weighted by Gasteiger charge is -2.28. The maximum absolute atomic E-state index is 12.7. The van der Waals surface area contributed by atoms with Crippen LogP contribution in [0.4, 0.5) is 0 Å². The van der Waals surface area contributed by atoms with Gasteiger partial charge in [-0.1, -0.05) is 31.9 Å². The molecule has 4 rings (SSSR count). The first-order valence-corrected chi connectivity index (χ1v) is 9.82. The van der Waals surface area contributed by atoms with Gasteiger partial charge in [0.25, 0.3) is 0 Å². The topological polar surface area (TPSA) is 66.9 Å². The molecule has 0 aromatic carbocycles. The lowest BCUT2D eigenvalue weighted by atomic mass is 9.81. The molecule has 8 heteroatoms. The molecule has 4 fully saturated rings. The fraction of sp³-hybridized carbons (Fsp3) is 0.800. The second kappa shape index (κ2) is 5.81. The van der Waals surface area contributed by atoms with Crippen LogP contribution in [0.1, 0.15) is 6.42 Å². The summed E-state index contributed by atoms with van der Waals surface area (Å²) in [6, 6.07) is 0. The SMILES string of the molecule is O=C(CN1C(=O)[C@@H]2[C@H]3C[C@@H]([C@H](Br)[C@H]3Br)[C@H]2C1=O)N1CCOCC1. The van der Waals surface area contributed by atoms with E-state index in [0.29, 0.717) is 26.3 Å². The van der Waals surface area contributed by atoms with Gasteiger partial charge in [0.05, 0.1) is 25.0 Å². The van der Waals surface area contributed by atoms with E-state index in [-0.39, 0.29) is 57.6 Å². The third-order valence-electron chi connectivity index (χ3n) is 5.74. The van der Waals surface area contributed by atoms with Crippen molar-refractivity contribution in [2.45, 2.75) is 16.1 Å². The molecule has 2 aliphatic carbocycles. The summed E-state index contributed by atoms with van der Waals surface area (Å²) in [5, 5.41) is 0. The van der Waals surface area contributed by atoms with E-state index >= 15 is 0 Å². The summed E-state index contributed by atoms with van der Waals surface area (Å²) in [6.07, 6.45) is 0.907. The lowest BCUT2D eigenvalue weighted by molar-refractivity contribution is -0.148. The van der Waals surface area contributed by atoms with Crippen LogP contribution in [0.25, 0.3) is 0 Å². The minimum Gasteiger partial charge on any atom is -0.378 e. The Balaban J connectivity index is 1.50. The van der Waals surface area contributed by atoms with Gasteiger partial charge in [0.2, 0.25) is 17.7 Å². The highest BCUT2D eigenvalue weighted by molar-refractivity contribution is 9.12. The summed E-state index contributed by atoms with van der Waals surface area (Å²) >= 11 is 7.32. The Bertz CT molecular complexity index is 534. The van der Waals surface area contributed by atoms with Gasteiger partial charge in [-0.15, -0.1) is 0 Å². The maximum Gasteiger partial charge on any atom is 0.242 e. The third-order valence-corrected chi connectivity index (χ3v) is 8.94. The number of rotatable bonds is 2. The average molecular weight is 450 g/mol.